The minimum absolute atomic E-state index is 0.173. The van der Waals surface area contributed by atoms with Crippen LogP contribution in [0.15, 0.2) is 18.2 Å². The fourth-order valence-electron chi connectivity index (χ4n) is 1.45. The molecular weight excluding hydrogens is 248 g/mol. The predicted molar refractivity (Wildman–Crippen MR) is 71.4 cm³/mol. The highest BCUT2D eigenvalue weighted by Crippen LogP contribution is 2.24. The van der Waals surface area contributed by atoms with Crippen molar-refractivity contribution in [2.24, 2.45) is 0 Å². The van der Waals surface area contributed by atoms with Gasteiger partial charge in [0, 0.05) is 0 Å². The van der Waals surface area contributed by atoms with Gasteiger partial charge in [-0.2, -0.15) is 0 Å². The molecule has 0 aliphatic carbocycles. The second kappa shape index (κ2) is 7.25. The van der Waals surface area contributed by atoms with Gasteiger partial charge in [-0.15, -0.1) is 0 Å². The molecule has 0 fully saturated rings. The molecule has 6 nitrogen and oxygen atoms in total. The van der Waals surface area contributed by atoms with Crippen molar-refractivity contribution in [2.75, 3.05) is 25.6 Å². The van der Waals surface area contributed by atoms with E-state index in [9.17, 15) is 9.59 Å². The van der Waals surface area contributed by atoms with Crippen LogP contribution in [0.3, 0.4) is 0 Å². The van der Waals surface area contributed by atoms with E-state index in [0.29, 0.717) is 11.4 Å². The van der Waals surface area contributed by atoms with E-state index in [4.69, 9.17) is 9.47 Å². The first-order valence-corrected chi connectivity index (χ1v) is 5.92. The van der Waals surface area contributed by atoms with Gasteiger partial charge in [-0.05, 0) is 31.5 Å². The van der Waals surface area contributed by atoms with E-state index in [-0.39, 0.29) is 13.2 Å². The molecule has 104 valence electrons. The van der Waals surface area contributed by atoms with Crippen molar-refractivity contribution >= 4 is 17.7 Å². The van der Waals surface area contributed by atoms with E-state index in [2.05, 4.69) is 10.6 Å². The molecule has 0 spiro atoms. The summed E-state index contributed by atoms with van der Waals surface area (Å²) >= 11 is 0. The third kappa shape index (κ3) is 4.87. The largest absolute Gasteiger partial charge is 0.495 e. The van der Waals surface area contributed by atoms with Gasteiger partial charge in [-0.1, -0.05) is 6.07 Å². The van der Waals surface area contributed by atoms with Gasteiger partial charge >= 0.3 is 12.0 Å². The maximum atomic E-state index is 11.6. The SMILES string of the molecule is CCOC(=O)CNC(=O)Nc1cc(C)ccc1OC. The molecule has 0 aliphatic heterocycles. The van der Waals surface area contributed by atoms with Gasteiger partial charge in [0.25, 0.3) is 0 Å². The summed E-state index contributed by atoms with van der Waals surface area (Å²) in [5, 5.41) is 5.02. The zero-order valence-electron chi connectivity index (χ0n) is 11.3. The van der Waals surface area contributed by atoms with Crippen molar-refractivity contribution in [3.63, 3.8) is 0 Å². The minimum Gasteiger partial charge on any atom is -0.495 e. The Hall–Kier alpha value is -2.24. The highest BCUT2D eigenvalue weighted by molar-refractivity contribution is 5.92. The van der Waals surface area contributed by atoms with Crippen molar-refractivity contribution in [3.05, 3.63) is 23.8 Å². The van der Waals surface area contributed by atoms with Crippen LogP contribution in [-0.2, 0) is 9.53 Å². The summed E-state index contributed by atoms with van der Waals surface area (Å²) in [7, 11) is 1.52. The quantitative estimate of drug-likeness (QED) is 0.795. The van der Waals surface area contributed by atoms with Crippen molar-refractivity contribution < 1.29 is 19.1 Å². The van der Waals surface area contributed by atoms with Crippen LogP contribution in [0.4, 0.5) is 10.5 Å². The maximum Gasteiger partial charge on any atom is 0.325 e. The van der Waals surface area contributed by atoms with Crippen LogP contribution in [-0.4, -0.2) is 32.3 Å². The number of aryl methyl sites for hydroxylation is 1. The van der Waals surface area contributed by atoms with Crippen LogP contribution in [0.1, 0.15) is 12.5 Å². The first-order valence-electron chi connectivity index (χ1n) is 5.92. The normalized spacial score (nSPS) is 9.63. The number of carbonyl (C=O) groups excluding carboxylic acids is 2. The monoisotopic (exact) mass is 266 g/mol. The first-order chi connectivity index (χ1) is 9.06. The molecule has 1 aromatic rings. The fraction of sp³-hybridized carbons (Fsp3) is 0.385. The summed E-state index contributed by atoms with van der Waals surface area (Å²) in [6, 6.07) is 4.93. The predicted octanol–water partition coefficient (Wildman–Crippen LogP) is 1.69. The van der Waals surface area contributed by atoms with Gasteiger partial charge in [0.2, 0.25) is 0 Å². The van der Waals surface area contributed by atoms with Crippen LogP contribution in [0.2, 0.25) is 0 Å². The average Bonchev–Trinajstić information content (AvgIpc) is 2.37. The molecule has 0 radical (unpaired) electrons. The topological polar surface area (TPSA) is 76.7 Å². The summed E-state index contributed by atoms with van der Waals surface area (Å²) in [5.41, 5.74) is 1.53. The average molecular weight is 266 g/mol. The Morgan fingerprint density at radius 2 is 2.05 bits per heavy atom. The molecule has 2 amide bonds. The lowest BCUT2D eigenvalue weighted by molar-refractivity contribution is -0.141. The van der Waals surface area contributed by atoms with Crippen LogP contribution in [0.25, 0.3) is 0 Å². The Labute approximate surface area is 112 Å². The van der Waals surface area contributed by atoms with Gasteiger partial charge in [-0.25, -0.2) is 4.79 Å². The summed E-state index contributed by atoms with van der Waals surface area (Å²) in [5.74, 6) is 0.0748. The van der Waals surface area contributed by atoms with Crippen molar-refractivity contribution in [2.45, 2.75) is 13.8 Å². The van der Waals surface area contributed by atoms with Crippen LogP contribution < -0.4 is 15.4 Å². The number of ether oxygens (including phenoxy) is 2. The number of rotatable bonds is 5. The Morgan fingerprint density at radius 3 is 2.68 bits per heavy atom. The summed E-state index contributed by atoms with van der Waals surface area (Å²) < 4.78 is 9.83. The Balaban J connectivity index is 2.57. The fourth-order valence-corrected chi connectivity index (χ4v) is 1.45. The summed E-state index contributed by atoms with van der Waals surface area (Å²) in [6.45, 7) is 3.72. The zero-order valence-corrected chi connectivity index (χ0v) is 11.3. The molecule has 1 aromatic carbocycles. The molecule has 0 unspecified atom stereocenters. The lowest BCUT2D eigenvalue weighted by Crippen LogP contribution is -2.34. The van der Waals surface area contributed by atoms with Crippen molar-refractivity contribution in [1.82, 2.24) is 5.32 Å². The number of urea groups is 1. The van der Waals surface area contributed by atoms with Crippen LogP contribution >= 0.6 is 0 Å². The number of hydrogen-bond donors (Lipinski definition) is 2. The smallest absolute Gasteiger partial charge is 0.325 e. The van der Waals surface area contributed by atoms with Crippen LogP contribution in [0.5, 0.6) is 5.75 Å². The number of hydrogen-bond acceptors (Lipinski definition) is 4. The molecule has 0 atom stereocenters. The number of anilines is 1. The van der Waals surface area contributed by atoms with Gasteiger partial charge in [0.05, 0.1) is 19.4 Å². The molecule has 19 heavy (non-hydrogen) atoms. The van der Waals surface area contributed by atoms with Gasteiger partial charge < -0.3 is 20.1 Å². The third-order valence-electron chi connectivity index (χ3n) is 2.30. The number of amides is 2. The molecule has 2 N–H and O–H groups in total. The molecule has 6 heteroatoms. The number of carbonyl (C=O) groups is 2. The molecular formula is C13H18N2O4. The van der Waals surface area contributed by atoms with Gasteiger partial charge in [0.15, 0.2) is 0 Å². The van der Waals surface area contributed by atoms with Gasteiger partial charge in [-0.3, -0.25) is 4.79 Å². The van der Waals surface area contributed by atoms with E-state index in [1.807, 2.05) is 13.0 Å². The molecule has 1 rings (SSSR count). The second-order valence-corrected chi connectivity index (χ2v) is 3.82. The molecule has 0 aliphatic rings. The third-order valence-corrected chi connectivity index (χ3v) is 2.30. The number of methoxy groups -OCH3 is 1. The lowest BCUT2D eigenvalue weighted by Gasteiger charge is -2.11. The van der Waals surface area contributed by atoms with E-state index in [1.54, 1.807) is 19.1 Å². The van der Waals surface area contributed by atoms with E-state index in [0.717, 1.165) is 5.56 Å². The molecule has 0 bridgehead atoms. The van der Waals surface area contributed by atoms with Crippen LogP contribution in [0, 0.1) is 6.92 Å². The second-order valence-electron chi connectivity index (χ2n) is 3.82. The Morgan fingerprint density at radius 1 is 1.32 bits per heavy atom. The van der Waals surface area contributed by atoms with E-state index in [1.165, 1.54) is 7.11 Å². The molecule has 0 heterocycles. The molecule has 0 saturated heterocycles. The lowest BCUT2D eigenvalue weighted by atomic mass is 10.2. The highest BCUT2D eigenvalue weighted by Gasteiger charge is 2.09. The van der Waals surface area contributed by atoms with Gasteiger partial charge in [0.1, 0.15) is 12.3 Å². The molecule has 0 aromatic heterocycles. The highest BCUT2D eigenvalue weighted by atomic mass is 16.5. The van der Waals surface area contributed by atoms with E-state index >= 15 is 0 Å². The Bertz CT molecular complexity index is 460. The van der Waals surface area contributed by atoms with E-state index < -0.39 is 12.0 Å². The number of nitrogens with one attached hydrogen (secondary N) is 2. The zero-order chi connectivity index (χ0) is 14.3. The number of esters is 1. The number of benzene rings is 1. The van der Waals surface area contributed by atoms with Crippen molar-refractivity contribution in [1.29, 1.82) is 0 Å². The summed E-state index contributed by atoms with van der Waals surface area (Å²) in [4.78, 5) is 22.7. The van der Waals surface area contributed by atoms with Crippen molar-refractivity contribution in [3.8, 4) is 5.75 Å². The first kappa shape index (κ1) is 14.8. The minimum atomic E-state index is -0.489. The Kier molecular flexibility index (Phi) is 5.66. The maximum absolute atomic E-state index is 11.6. The molecule has 0 saturated carbocycles. The summed E-state index contributed by atoms with van der Waals surface area (Å²) in [6.07, 6.45) is 0. The standard InChI is InChI=1S/C13H18N2O4/c1-4-19-12(16)8-14-13(17)15-10-7-9(2)5-6-11(10)18-3/h5-7H,4,8H2,1-3H3,(H2,14,15,17).